The fraction of sp³-hybridized carbons (Fsp3) is 0.316. The van der Waals surface area contributed by atoms with Crippen LogP contribution < -0.4 is 5.32 Å². The zero-order chi connectivity index (χ0) is 15.8. The van der Waals surface area contributed by atoms with Crippen LogP contribution in [0.4, 0.5) is 0 Å². The van der Waals surface area contributed by atoms with Crippen LogP contribution in [0.2, 0.25) is 0 Å². The van der Waals surface area contributed by atoms with Crippen molar-refractivity contribution < 1.29 is 4.79 Å². The summed E-state index contributed by atoms with van der Waals surface area (Å²) < 4.78 is 0. The van der Waals surface area contributed by atoms with Crippen molar-refractivity contribution in [2.24, 2.45) is 0 Å². The number of thioether (sulfide) groups is 1. The number of carbonyl (C=O) groups is 1. The van der Waals surface area contributed by atoms with Gasteiger partial charge < -0.3 is 5.32 Å². The van der Waals surface area contributed by atoms with Gasteiger partial charge in [-0.2, -0.15) is 0 Å². The normalized spacial score (nSPS) is 13.4. The predicted molar refractivity (Wildman–Crippen MR) is 94.8 cm³/mol. The van der Waals surface area contributed by atoms with Crippen LogP contribution in [0.15, 0.2) is 60.7 Å². The minimum atomic E-state index is -0.0574. The van der Waals surface area contributed by atoms with Gasteiger partial charge in [0.1, 0.15) is 0 Å². The van der Waals surface area contributed by atoms with Gasteiger partial charge in [-0.15, -0.1) is 11.8 Å². The van der Waals surface area contributed by atoms with Gasteiger partial charge >= 0.3 is 0 Å². The third-order valence-electron chi connectivity index (χ3n) is 3.64. The zero-order valence-corrected chi connectivity index (χ0v) is 14.0. The molecular weight excluding hydrogens is 290 g/mol. The van der Waals surface area contributed by atoms with Crippen molar-refractivity contribution in [3.8, 4) is 0 Å². The highest BCUT2D eigenvalue weighted by atomic mass is 32.2. The molecule has 2 aromatic rings. The van der Waals surface area contributed by atoms with Gasteiger partial charge in [-0.25, -0.2) is 0 Å². The van der Waals surface area contributed by atoms with Gasteiger partial charge in [0.05, 0.1) is 11.3 Å². The summed E-state index contributed by atoms with van der Waals surface area (Å²) in [4.78, 5) is 12.4. The molecule has 0 radical (unpaired) electrons. The van der Waals surface area contributed by atoms with Crippen molar-refractivity contribution in [2.45, 2.75) is 37.3 Å². The maximum Gasteiger partial charge on any atom is 0.233 e. The Bertz CT molecular complexity index is 571. The Kier molecular flexibility index (Phi) is 6.53. The van der Waals surface area contributed by atoms with E-state index in [1.807, 2.05) is 43.3 Å². The van der Waals surface area contributed by atoms with Crippen molar-refractivity contribution in [1.82, 2.24) is 5.32 Å². The third-order valence-corrected chi connectivity index (χ3v) is 4.85. The summed E-state index contributed by atoms with van der Waals surface area (Å²) in [6.07, 6.45) is 0.895. The summed E-state index contributed by atoms with van der Waals surface area (Å²) in [5, 5.41) is 3.10. The second-order valence-corrected chi connectivity index (χ2v) is 6.65. The molecule has 2 nitrogen and oxygen atoms in total. The van der Waals surface area contributed by atoms with Crippen LogP contribution in [0.3, 0.4) is 0 Å². The zero-order valence-electron chi connectivity index (χ0n) is 13.2. The van der Waals surface area contributed by atoms with E-state index in [0.717, 1.165) is 12.2 Å². The Balaban J connectivity index is 1.87. The second kappa shape index (κ2) is 8.64. The molecule has 0 aliphatic heterocycles. The smallest absolute Gasteiger partial charge is 0.233 e. The van der Waals surface area contributed by atoms with E-state index in [-0.39, 0.29) is 17.2 Å². The van der Waals surface area contributed by atoms with Gasteiger partial charge in [0, 0.05) is 5.75 Å². The molecule has 0 aliphatic rings. The van der Waals surface area contributed by atoms with Crippen molar-refractivity contribution >= 4 is 17.7 Å². The molecule has 0 bridgehead atoms. The molecule has 116 valence electrons. The number of hydrogen-bond acceptors (Lipinski definition) is 2. The quantitative estimate of drug-likeness (QED) is 0.811. The van der Waals surface area contributed by atoms with E-state index >= 15 is 0 Å². The summed E-state index contributed by atoms with van der Waals surface area (Å²) in [7, 11) is 0. The highest BCUT2D eigenvalue weighted by molar-refractivity contribution is 7.99. The van der Waals surface area contributed by atoms with E-state index in [1.54, 1.807) is 11.8 Å². The van der Waals surface area contributed by atoms with Gasteiger partial charge in [0.25, 0.3) is 0 Å². The molecule has 0 saturated heterocycles. The molecule has 0 aliphatic carbocycles. The van der Waals surface area contributed by atoms with Crippen molar-refractivity contribution in [2.75, 3.05) is 0 Å². The molecule has 22 heavy (non-hydrogen) atoms. The molecule has 3 heteroatoms. The lowest BCUT2D eigenvalue weighted by Gasteiger charge is -2.20. The summed E-state index contributed by atoms with van der Waals surface area (Å²) in [6, 6.07) is 20.5. The second-order valence-electron chi connectivity index (χ2n) is 5.32. The lowest BCUT2D eigenvalue weighted by molar-refractivity contribution is -0.121. The molecule has 2 aromatic carbocycles. The first-order valence-electron chi connectivity index (χ1n) is 7.71. The molecule has 0 fully saturated rings. The average molecular weight is 313 g/mol. The van der Waals surface area contributed by atoms with Crippen molar-refractivity contribution in [3.05, 3.63) is 71.8 Å². The predicted octanol–water partition coefficient (Wildman–Crippen LogP) is 4.58. The Labute approximate surface area is 137 Å². The highest BCUT2D eigenvalue weighted by Gasteiger charge is 2.18. The van der Waals surface area contributed by atoms with Crippen LogP contribution in [0.25, 0.3) is 0 Å². The van der Waals surface area contributed by atoms with Gasteiger partial charge in [-0.3, -0.25) is 4.79 Å². The Hall–Kier alpha value is -1.74. The monoisotopic (exact) mass is 313 g/mol. The maximum atomic E-state index is 12.4. The van der Waals surface area contributed by atoms with Crippen molar-refractivity contribution in [3.63, 3.8) is 0 Å². The van der Waals surface area contributed by atoms with Gasteiger partial charge in [-0.1, -0.05) is 67.6 Å². The standard InChI is InChI=1S/C19H23NOS/c1-3-18(17-12-8-5-9-13-17)20-19(21)15(2)22-14-16-10-6-4-7-11-16/h4-13,15,18H,3,14H2,1-2H3,(H,20,21). The topological polar surface area (TPSA) is 29.1 Å². The summed E-state index contributed by atoms with van der Waals surface area (Å²) in [5.74, 6) is 0.967. The highest BCUT2D eigenvalue weighted by Crippen LogP contribution is 2.20. The summed E-state index contributed by atoms with van der Waals surface area (Å²) in [5.41, 5.74) is 2.42. The van der Waals surface area contributed by atoms with Gasteiger partial charge in [0.15, 0.2) is 0 Å². The van der Waals surface area contributed by atoms with E-state index in [2.05, 4.69) is 36.5 Å². The first kappa shape index (κ1) is 16.6. The van der Waals surface area contributed by atoms with Gasteiger partial charge in [0.2, 0.25) is 5.91 Å². The molecule has 0 saturated carbocycles. The minimum Gasteiger partial charge on any atom is -0.348 e. The van der Waals surface area contributed by atoms with Gasteiger partial charge in [-0.05, 0) is 24.5 Å². The first-order valence-corrected chi connectivity index (χ1v) is 8.76. The third kappa shape index (κ3) is 4.92. The first-order chi connectivity index (χ1) is 10.7. The molecule has 0 spiro atoms. The number of nitrogens with one attached hydrogen (secondary N) is 1. The fourth-order valence-electron chi connectivity index (χ4n) is 2.27. The fourth-order valence-corrected chi connectivity index (χ4v) is 3.12. The van der Waals surface area contributed by atoms with E-state index < -0.39 is 0 Å². The minimum absolute atomic E-state index is 0.0574. The van der Waals surface area contributed by atoms with Crippen LogP contribution in [0.5, 0.6) is 0 Å². The Morgan fingerprint density at radius 1 is 1.05 bits per heavy atom. The molecule has 1 amide bonds. The number of hydrogen-bond donors (Lipinski definition) is 1. The molecule has 0 heterocycles. The van der Waals surface area contributed by atoms with E-state index in [4.69, 9.17) is 0 Å². The molecule has 2 rings (SSSR count). The SMILES string of the molecule is CCC(NC(=O)C(C)SCc1ccccc1)c1ccccc1. The van der Waals surface area contributed by atoms with Crippen LogP contribution in [0, 0.1) is 0 Å². The number of benzene rings is 2. The van der Waals surface area contributed by atoms with Crippen LogP contribution in [-0.2, 0) is 10.5 Å². The number of amides is 1. The molecular formula is C19H23NOS. The maximum absolute atomic E-state index is 12.4. The average Bonchev–Trinajstić information content (AvgIpc) is 2.59. The largest absolute Gasteiger partial charge is 0.348 e. The van der Waals surface area contributed by atoms with Crippen LogP contribution >= 0.6 is 11.8 Å². The summed E-state index contributed by atoms with van der Waals surface area (Å²) >= 11 is 1.67. The summed E-state index contributed by atoms with van der Waals surface area (Å²) in [6.45, 7) is 4.07. The molecule has 0 aromatic heterocycles. The van der Waals surface area contributed by atoms with Crippen LogP contribution in [-0.4, -0.2) is 11.2 Å². The lowest BCUT2D eigenvalue weighted by Crippen LogP contribution is -2.34. The Morgan fingerprint density at radius 2 is 1.64 bits per heavy atom. The van der Waals surface area contributed by atoms with E-state index in [1.165, 1.54) is 11.1 Å². The van der Waals surface area contributed by atoms with Crippen LogP contribution in [0.1, 0.15) is 37.4 Å². The van der Waals surface area contributed by atoms with E-state index in [0.29, 0.717) is 0 Å². The number of carbonyl (C=O) groups excluding carboxylic acids is 1. The molecule has 2 atom stereocenters. The number of rotatable bonds is 7. The molecule has 1 N–H and O–H groups in total. The Morgan fingerprint density at radius 3 is 2.23 bits per heavy atom. The van der Waals surface area contributed by atoms with E-state index in [9.17, 15) is 4.79 Å². The van der Waals surface area contributed by atoms with Crippen molar-refractivity contribution in [1.29, 1.82) is 0 Å². The lowest BCUT2D eigenvalue weighted by atomic mass is 10.0. The molecule has 2 unspecified atom stereocenters.